The Morgan fingerprint density at radius 3 is 2.67 bits per heavy atom. The lowest BCUT2D eigenvalue weighted by molar-refractivity contribution is 0.482. The van der Waals surface area contributed by atoms with E-state index in [0.29, 0.717) is 6.04 Å². The summed E-state index contributed by atoms with van der Waals surface area (Å²) in [5.41, 5.74) is 1.32. The molecule has 0 aliphatic carbocycles. The zero-order valence-corrected chi connectivity index (χ0v) is 9.61. The van der Waals surface area contributed by atoms with Gasteiger partial charge in [-0.2, -0.15) is 0 Å². The average Bonchev–Trinajstić information content (AvgIpc) is 2.77. The smallest absolute Gasteiger partial charge is 0.0451 e. The molecule has 0 bridgehead atoms. The summed E-state index contributed by atoms with van der Waals surface area (Å²) in [5, 5.41) is 3.48. The van der Waals surface area contributed by atoms with E-state index >= 15 is 0 Å². The van der Waals surface area contributed by atoms with Gasteiger partial charge in [-0.25, -0.2) is 0 Å². The third-order valence-corrected chi connectivity index (χ3v) is 3.49. The van der Waals surface area contributed by atoms with Gasteiger partial charge in [-0.05, 0) is 18.1 Å². The van der Waals surface area contributed by atoms with Crippen LogP contribution in [0.4, 0.5) is 5.69 Å². The van der Waals surface area contributed by atoms with E-state index in [1.54, 1.807) is 0 Å². The second kappa shape index (κ2) is 4.67. The van der Waals surface area contributed by atoms with Crippen LogP contribution in [0.25, 0.3) is 0 Å². The predicted octanol–water partition coefficient (Wildman–Crippen LogP) is 2.12. The van der Waals surface area contributed by atoms with Gasteiger partial charge in [0.15, 0.2) is 0 Å². The molecule has 1 aromatic rings. The lowest BCUT2D eigenvalue weighted by Gasteiger charge is -2.30. The van der Waals surface area contributed by atoms with Crippen molar-refractivity contribution in [2.45, 2.75) is 19.4 Å². The van der Waals surface area contributed by atoms with Gasteiger partial charge in [-0.3, -0.25) is 0 Å². The molecule has 2 unspecified atom stereocenters. The van der Waals surface area contributed by atoms with Gasteiger partial charge < -0.3 is 10.2 Å². The Morgan fingerprint density at radius 1 is 1.27 bits per heavy atom. The Labute approximate surface area is 92.3 Å². The SMILES string of the molecule is CCC1CNCC1N(C)c1ccccc1. The number of anilines is 1. The van der Waals surface area contributed by atoms with Crippen molar-refractivity contribution in [3.05, 3.63) is 30.3 Å². The van der Waals surface area contributed by atoms with Crippen molar-refractivity contribution in [3.63, 3.8) is 0 Å². The van der Waals surface area contributed by atoms with Crippen molar-refractivity contribution in [1.29, 1.82) is 0 Å². The Kier molecular flexibility index (Phi) is 3.27. The minimum Gasteiger partial charge on any atom is -0.370 e. The van der Waals surface area contributed by atoms with Gasteiger partial charge in [0.2, 0.25) is 0 Å². The normalized spacial score (nSPS) is 25.5. The van der Waals surface area contributed by atoms with Gasteiger partial charge >= 0.3 is 0 Å². The number of hydrogen-bond acceptors (Lipinski definition) is 2. The van der Waals surface area contributed by atoms with Crippen LogP contribution in [-0.2, 0) is 0 Å². The molecule has 0 spiro atoms. The van der Waals surface area contributed by atoms with Crippen LogP contribution < -0.4 is 10.2 Å². The summed E-state index contributed by atoms with van der Waals surface area (Å²) >= 11 is 0. The van der Waals surface area contributed by atoms with Gasteiger partial charge in [0.25, 0.3) is 0 Å². The minimum atomic E-state index is 0.650. The third-order valence-electron chi connectivity index (χ3n) is 3.49. The molecule has 0 saturated carbocycles. The molecule has 82 valence electrons. The number of likely N-dealkylation sites (N-methyl/N-ethyl adjacent to an activating group) is 1. The van der Waals surface area contributed by atoms with Gasteiger partial charge in [0, 0.05) is 31.9 Å². The average molecular weight is 204 g/mol. The molecular weight excluding hydrogens is 184 g/mol. The first-order valence-electron chi connectivity index (χ1n) is 5.81. The summed E-state index contributed by atoms with van der Waals surface area (Å²) < 4.78 is 0. The molecule has 2 nitrogen and oxygen atoms in total. The highest BCUT2D eigenvalue weighted by Gasteiger charge is 2.28. The lowest BCUT2D eigenvalue weighted by atomic mass is 9.99. The van der Waals surface area contributed by atoms with Crippen LogP contribution in [0.2, 0.25) is 0 Å². The van der Waals surface area contributed by atoms with Crippen molar-refractivity contribution in [2.75, 3.05) is 25.0 Å². The van der Waals surface area contributed by atoms with E-state index in [1.165, 1.54) is 18.7 Å². The van der Waals surface area contributed by atoms with Crippen molar-refractivity contribution in [2.24, 2.45) is 5.92 Å². The molecule has 2 heteroatoms. The second-order valence-corrected chi connectivity index (χ2v) is 4.34. The molecule has 1 aliphatic rings. The second-order valence-electron chi connectivity index (χ2n) is 4.34. The van der Waals surface area contributed by atoms with Crippen LogP contribution in [0.5, 0.6) is 0 Å². The highest BCUT2D eigenvalue weighted by Crippen LogP contribution is 2.23. The monoisotopic (exact) mass is 204 g/mol. The fraction of sp³-hybridized carbons (Fsp3) is 0.538. The van der Waals surface area contributed by atoms with E-state index in [-0.39, 0.29) is 0 Å². The number of nitrogens with zero attached hydrogens (tertiary/aromatic N) is 1. The number of rotatable bonds is 3. The van der Waals surface area contributed by atoms with E-state index < -0.39 is 0 Å². The number of hydrogen-bond donors (Lipinski definition) is 1. The molecule has 0 aromatic heterocycles. The standard InChI is InChI=1S/C13H20N2/c1-3-11-9-14-10-13(11)15(2)12-7-5-4-6-8-12/h4-8,11,13-14H,3,9-10H2,1-2H3. The van der Waals surface area contributed by atoms with E-state index in [9.17, 15) is 0 Å². The number of para-hydroxylation sites is 1. The van der Waals surface area contributed by atoms with Crippen molar-refractivity contribution >= 4 is 5.69 Å². The van der Waals surface area contributed by atoms with Gasteiger partial charge in [-0.15, -0.1) is 0 Å². The molecule has 1 N–H and O–H groups in total. The van der Waals surface area contributed by atoms with E-state index in [0.717, 1.165) is 12.5 Å². The molecule has 1 fully saturated rings. The summed E-state index contributed by atoms with van der Waals surface area (Å²) in [6.07, 6.45) is 1.26. The summed E-state index contributed by atoms with van der Waals surface area (Å²) in [4.78, 5) is 2.41. The van der Waals surface area contributed by atoms with Crippen LogP contribution in [0.15, 0.2) is 30.3 Å². The van der Waals surface area contributed by atoms with Crippen LogP contribution in [0.1, 0.15) is 13.3 Å². The van der Waals surface area contributed by atoms with Gasteiger partial charge in [0.1, 0.15) is 0 Å². The molecule has 1 saturated heterocycles. The van der Waals surface area contributed by atoms with E-state index in [2.05, 4.69) is 54.5 Å². The van der Waals surface area contributed by atoms with Crippen molar-refractivity contribution < 1.29 is 0 Å². The first-order valence-corrected chi connectivity index (χ1v) is 5.81. The Morgan fingerprint density at radius 2 is 2.00 bits per heavy atom. The maximum absolute atomic E-state index is 3.48. The summed E-state index contributed by atoms with van der Waals surface area (Å²) in [6.45, 7) is 4.56. The molecule has 1 aliphatic heterocycles. The van der Waals surface area contributed by atoms with Gasteiger partial charge in [-0.1, -0.05) is 31.5 Å². The van der Waals surface area contributed by atoms with Crippen LogP contribution in [0, 0.1) is 5.92 Å². The molecule has 2 rings (SSSR count). The van der Waals surface area contributed by atoms with E-state index in [1.807, 2.05) is 0 Å². The summed E-state index contributed by atoms with van der Waals surface area (Å²) in [7, 11) is 2.20. The molecule has 0 amide bonds. The summed E-state index contributed by atoms with van der Waals surface area (Å²) in [5.74, 6) is 0.787. The number of nitrogens with one attached hydrogen (secondary N) is 1. The molecule has 0 radical (unpaired) electrons. The molecule has 1 heterocycles. The topological polar surface area (TPSA) is 15.3 Å². The third kappa shape index (κ3) is 2.15. The van der Waals surface area contributed by atoms with Crippen molar-refractivity contribution in [1.82, 2.24) is 5.32 Å². The summed E-state index contributed by atoms with van der Waals surface area (Å²) in [6, 6.07) is 11.3. The van der Waals surface area contributed by atoms with Crippen molar-refractivity contribution in [3.8, 4) is 0 Å². The molecule has 15 heavy (non-hydrogen) atoms. The zero-order valence-electron chi connectivity index (χ0n) is 9.61. The van der Waals surface area contributed by atoms with Gasteiger partial charge in [0.05, 0.1) is 0 Å². The quantitative estimate of drug-likeness (QED) is 0.811. The minimum absolute atomic E-state index is 0.650. The first kappa shape index (κ1) is 10.5. The fourth-order valence-electron chi connectivity index (χ4n) is 2.44. The Balaban J connectivity index is 2.10. The Hall–Kier alpha value is -1.02. The van der Waals surface area contributed by atoms with E-state index in [4.69, 9.17) is 0 Å². The number of benzene rings is 1. The van der Waals surface area contributed by atoms with Crippen LogP contribution >= 0.6 is 0 Å². The maximum Gasteiger partial charge on any atom is 0.0451 e. The molecule has 1 aromatic carbocycles. The first-order chi connectivity index (χ1) is 7.33. The predicted molar refractivity (Wildman–Crippen MR) is 65.3 cm³/mol. The lowest BCUT2D eigenvalue weighted by Crippen LogP contribution is -2.37. The zero-order chi connectivity index (χ0) is 10.7. The molecule has 2 atom stereocenters. The molecular formula is C13H20N2. The maximum atomic E-state index is 3.48. The largest absolute Gasteiger partial charge is 0.370 e. The fourth-order valence-corrected chi connectivity index (χ4v) is 2.44. The highest BCUT2D eigenvalue weighted by molar-refractivity contribution is 5.46. The highest BCUT2D eigenvalue weighted by atomic mass is 15.2. The Bertz CT molecular complexity index is 297. The van der Waals surface area contributed by atoms with Crippen LogP contribution in [0.3, 0.4) is 0 Å². The van der Waals surface area contributed by atoms with Crippen LogP contribution in [-0.4, -0.2) is 26.2 Å².